The van der Waals surface area contributed by atoms with Crippen molar-refractivity contribution in [3.05, 3.63) is 35.4 Å². The van der Waals surface area contributed by atoms with Gasteiger partial charge in [0.15, 0.2) is 17.3 Å². The molecule has 0 aliphatic rings. The van der Waals surface area contributed by atoms with Gasteiger partial charge in [-0.1, -0.05) is 17.7 Å². The van der Waals surface area contributed by atoms with Crippen LogP contribution < -0.4 is 24.3 Å². The molecule has 9 nitrogen and oxygen atoms in total. The lowest BCUT2D eigenvalue weighted by Gasteiger charge is -2.17. The zero-order chi connectivity index (χ0) is 25.1. The van der Waals surface area contributed by atoms with E-state index in [1.54, 1.807) is 37.3 Å². The lowest BCUT2D eigenvalue weighted by Crippen LogP contribution is -2.32. The fourth-order valence-electron chi connectivity index (χ4n) is 2.97. The normalized spacial score (nSPS) is 11.7. The minimum absolute atomic E-state index is 0.156. The number of nitrogens with one attached hydrogen (secondary N) is 1. The van der Waals surface area contributed by atoms with E-state index in [0.29, 0.717) is 55.1 Å². The molecule has 10 heteroatoms. The van der Waals surface area contributed by atoms with Crippen molar-refractivity contribution in [1.29, 1.82) is 0 Å². The maximum Gasteiger partial charge on any atom is 0.258 e. The summed E-state index contributed by atoms with van der Waals surface area (Å²) in [6.45, 7) is 10.1. The molecule has 0 fully saturated rings. The van der Waals surface area contributed by atoms with Crippen molar-refractivity contribution >= 4 is 34.7 Å². The van der Waals surface area contributed by atoms with Crippen LogP contribution in [0.1, 0.15) is 34.6 Å². The first-order chi connectivity index (χ1) is 16.4. The number of ether oxygens (including phenoxy) is 4. The van der Waals surface area contributed by atoms with Crippen LogP contribution in [0.3, 0.4) is 0 Å². The average molecular weight is 492 g/mol. The van der Waals surface area contributed by atoms with Crippen molar-refractivity contribution in [3.8, 4) is 23.0 Å². The van der Waals surface area contributed by atoms with E-state index in [1.165, 1.54) is 6.92 Å². The van der Waals surface area contributed by atoms with Crippen LogP contribution in [0.15, 0.2) is 40.6 Å². The molecule has 34 heavy (non-hydrogen) atoms. The zero-order valence-electron chi connectivity index (χ0n) is 20.0. The van der Waals surface area contributed by atoms with Gasteiger partial charge in [0.05, 0.1) is 26.4 Å². The first-order valence-electron chi connectivity index (χ1n) is 11.1. The van der Waals surface area contributed by atoms with Gasteiger partial charge in [-0.25, -0.2) is 0 Å². The van der Waals surface area contributed by atoms with Gasteiger partial charge in [-0.2, -0.15) is 10.2 Å². The fourth-order valence-corrected chi connectivity index (χ4v) is 3.23. The molecule has 1 unspecified atom stereocenters. The molecule has 0 aromatic heterocycles. The van der Waals surface area contributed by atoms with Gasteiger partial charge < -0.3 is 24.3 Å². The third kappa shape index (κ3) is 6.84. The minimum Gasteiger partial charge on any atom is -0.492 e. The SMILES string of the molecule is CCOc1ccc(OCC)c(NC(=O)C(N=Nc2cccc(OCC)c2OCC)C(C)=O)c1Cl. The Morgan fingerprint density at radius 1 is 0.882 bits per heavy atom. The molecule has 0 bridgehead atoms. The summed E-state index contributed by atoms with van der Waals surface area (Å²) in [7, 11) is 0. The van der Waals surface area contributed by atoms with E-state index in [1.807, 2.05) is 20.8 Å². The molecule has 0 saturated carbocycles. The van der Waals surface area contributed by atoms with Crippen LogP contribution in [0.2, 0.25) is 5.02 Å². The number of amides is 1. The van der Waals surface area contributed by atoms with Gasteiger partial charge in [-0.15, -0.1) is 0 Å². The van der Waals surface area contributed by atoms with Crippen LogP contribution in [0.25, 0.3) is 0 Å². The highest BCUT2D eigenvalue weighted by Gasteiger charge is 2.26. The summed E-state index contributed by atoms with van der Waals surface area (Å²) in [5.74, 6) is 0.362. The molecule has 2 aromatic rings. The summed E-state index contributed by atoms with van der Waals surface area (Å²) < 4.78 is 22.3. The first kappa shape index (κ1) is 26.9. The number of ketones is 1. The van der Waals surface area contributed by atoms with Crippen molar-refractivity contribution in [2.24, 2.45) is 10.2 Å². The second-order valence-corrected chi connectivity index (χ2v) is 7.18. The van der Waals surface area contributed by atoms with Gasteiger partial charge >= 0.3 is 0 Å². The number of Topliss-reactive ketones (excluding diaryl/α,β-unsaturated/α-hetero) is 1. The van der Waals surface area contributed by atoms with E-state index in [4.69, 9.17) is 30.5 Å². The molecule has 0 radical (unpaired) electrons. The molecule has 0 heterocycles. The average Bonchev–Trinajstić information content (AvgIpc) is 2.80. The number of rotatable bonds is 13. The van der Waals surface area contributed by atoms with Crippen molar-refractivity contribution in [2.45, 2.75) is 40.7 Å². The third-order valence-electron chi connectivity index (χ3n) is 4.38. The van der Waals surface area contributed by atoms with Crippen LogP contribution in [0.5, 0.6) is 23.0 Å². The number of benzene rings is 2. The van der Waals surface area contributed by atoms with E-state index in [2.05, 4.69) is 15.5 Å². The Kier molecular flexibility index (Phi) is 10.6. The van der Waals surface area contributed by atoms with Gasteiger partial charge in [0.1, 0.15) is 27.9 Å². The highest BCUT2D eigenvalue weighted by molar-refractivity contribution is 6.35. The second kappa shape index (κ2) is 13.4. The van der Waals surface area contributed by atoms with Crippen LogP contribution in [-0.4, -0.2) is 44.2 Å². The molecule has 184 valence electrons. The Morgan fingerprint density at radius 3 is 2.09 bits per heavy atom. The quantitative estimate of drug-likeness (QED) is 0.288. The number of anilines is 1. The summed E-state index contributed by atoms with van der Waals surface area (Å²) in [5.41, 5.74) is 0.521. The number of carbonyl (C=O) groups excluding carboxylic acids is 2. The van der Waals surface area contributed by atoms with E-state index in [9.17, 15) is 9.59 Å². The molecule has 1 amide bonds. The van der Waals surface area contributed by atoms with Gasteiger partial charge in [-0.05, 0) is 58.9 Å². The summed E-state index contributed by atoms with van der Waals surface area (Å²) in [4.78, 5) is 25.3. The molecule has 0 spiro atoms. The number of para-hydroxylation sites is 1. The monoisotopic (exact) mass is 491 g/mol. The van der Waals surface area contributed by atoms with Gasteiger partial charge in [0.2, 0.25) is 6.04 Å². The number of hydrogen-bond donors (Lipinski definition) is 1. The smallest absolute Gasteiger partial charge is 0.258 e. The number of azo groups is 1. The number of carbonyl (C=O) groups is 2. The predicted octanol–water partition coefficient (Wildman–Crippen LogP) is 5.61. The van der Waals surface area contributed by atoms with Gasteiger partial charge in [0, 0.05) is 0 Å². The van der Waals surface area contributed by atoms with Gasteiger partial charge in [0.25, 0.3) is 5.91 Å². The van der Waals surface area contributed by atoms with Crippen LogP contribution in [0.4, 0.5) is 11.4 Å². The van der Waals surface area contributed by atoms with E-state index < -0.39 is 17.7 Å². The summed E-state index contributed by atoms with van der Waals surface area (Å²) in [5, 5.41) is 10.9. The van der Waals surface area contributed by atoms with E-state index >= 15 is 0 Å². The molecule has 0 aliphatic heterocycles. The summed E-state index contributed by atoms with van der Waals surface area (Å²) in [6.07, 6.45) is 0. The largest absolute Gasteiger partial charge is 0.492 e. The zero-order valence-corrected chi connectivity index (χ0v) is 20.8. The Balaban J connectivity index is 2.38. The van der Waals surface area contributed by atoms with Crippen molar-refractivity contribution in [2.75, 3.05) is 31.7 Å². The Morgan fingerprint density at radius 2 is 1.47 bits per heavy atom. The maximum atomic E-state index is 13.0. The molecule has 1 N–H and O–H groups in total. The Hall–Kier alpha value is -3.33. The highest BCUT2D eigenvalue weighted by Crippen LogP contribution is 2.40. The number of halogens is 1. The Bertz CT molecular complexity index is 1030. The van der Waals surface area contributed by atoms with Crippen molar-refractivity contribution in [3.63, 3.8) is 0 Å². The predicted molar refractivity (Wildman–Crippen MR) is 130 cm³/mol. The fraction of sp³-hybridized carbons (Fsp3) is 0.417. The summed E-state index contributed by atoms with van der Waals surface area (Å²) in [6, 6.07) is 6.97. The minimum atomic E-state index is -1.42. The molecular weight excluding hydrogens is 462 g/mol. The van der Waals surface area contributed by atoms with Gasteiger partial charge in [-0.3, -0.25) is 9.59 Å². The summed E-state index contributed by atoms with van der Waals surface area (Å²) >= 11 is 6.44. The van der Waals surface area contributed by atoms with Crippen molar-refractivity contribution in [1.82, 2.24) is 0 Å². The van der Waals surface area contributed by atoms with E-state index in [0.717, 1.165) is 0 Å². The van der Waals surface area contributed by atoms with Crippen LogP contribution in [0, 0.1) is 0 Å². The highest BCUT2D eigenvalue weighted by atomic mass is 35.5. The number of nitrogens with zero attached hydrogens (tertiary/aromatic N) is 2. The standard InChI is InChI=1S/C24H30ClN3O6/c1-6-31-17-13-14-18(32-7-2)22(20(17)25)26-24(30)21(15(5)29)28-27-16-11-10-12-19(33-8-3)23(16)34-9-4/h10-14,21H,6-9H2,1-5H3,(H,26,30). The topological polar surface area (TPSA) is 108 Å². The maximum absolute atomic E-state index is 13.0. The second-order valence-electron chi connectivity index (χ2n) is 6.81. The third-order valence-corrected chi connectivity index (χ3v) is 4.75. The van der Waals surface area contributed by atoms with Crippen molar-refractivity contribution < 1.29 is 28.5 Å². The molecular formula is C24H30ClN3O6. The number of hydrogen-bond acceptors (Lipinski definition) is 8. The molecule has 0 aliphatic carbocycles. The molecule has 2 rings (SSSR count). The lowest BCUT2D eigenvalue weighted by molar-refractivity contribution is -0.126. The Labute approximate surface area is 204 Å². The lowest BCUT2D eigenvalue weighted by atomic mass is 10.2. The van der Waals surface area contributed by atoms with Crippen LogP contribution >= 0.6 is 11.6 Å². The first-order valence-corrected chi connectivity index (χ1v) is 11.4. The molecule has 2 aromatic carbocycles. The van der Waals surface area contributed by atoms with Crippen LogP contribution in [-0.2, 0) is 9.59 Å². The van der Waals surface area contributed by atoms with E-state index in [-0.39, 0.29) is 10.7 Å². The molecule has 0 saturated heterocycles. The molecule has 1 atom stereocenters.